The van der Waals surface area contributed by atoms with Crippen LogP contribution in [0.4, 0.5) is 5.69 Å². The fourth-order valence-corrected chi connectivity index (χ4v) is 2.51. The number of nitrogens with zero attached hydrogens (tertiary/aromatic N) is 2. The average Bonchev–Trinajstić information content (AvgIpc) is 2.65. The maximum absolute atomic E-state index is 4.17. The first-order valence-corrected chi connectivity index (χ1v) is 6.01. The Kier molecular flexibility index (Phi) is 3.29. The van der Waals surface area contributed by atoms with Crippen molar-refractivity contribution in [3.63, 3.8) is 0 Å². The van der Waals surface area contributed by atoms with Gasteiger partial charge in [-0.2, -0.15) is 5.10 Å². The second kappa shape index (κ2) is 4.69. The number of rotatable bonds is 3. The molecule has 0 aliphatic heterocycles. The molecule has 0 amide bonds. The van der Waals surface area contributed by atoms with Crippen molar-refractivity contribution < 1.29 is 0 Å². The Balaban J connectivity index is 1.88. The second-order valence-corrected chi connectivity index (χ2v) is 4.73. The summed E-state index contributed by atoms with van der Waals surface area (Å²) in [4.78, 5) is 0. The molecule has 1 aliphatic rings. The smallest absolute Gasteiger partial charge is 0.0728 e. The molecule has 1 atom stereocenters. The number of hydrogen-bond acceptors (Lipinski definition) is 2. The minimum Gasteiger partial charge on any atom is -0.380 e. The molecular formula is C12H21N3. The van der Waals surface area contributed by atoms with Crippen LogP contribution in [0.2, 0.25) is 0 Å². The lowest BCUT2D eigenvalue weighted by atomic mass is 9.84. The highest BCUT2D eigenvalue weighted by Gasteiger charge is 2.19. The van der Waals surface area contributed by atoms with E-state index in [9.17, 15) is 0 Å². The highest BCUT2D eigenvalue weighted by Crippen LogP contribution is 2.27. The van der Waals surface area contributed by atoms with E-state index in [1.165, 1.54) is 32.1 Å². The first kappa shape index (κ1) is 10.5. The molecular weight excluding hydrogens is 186 g/mol. The molecule has 0 aromatic carbocycles. The van der Waals surface area contributed by atoms with Gasteiger partial charge in [-0.15, -0.1) is 0 Å². The van der Waals surface area contributed by atoms with Gasteiger partial charge >= 0.3 is 0 Å². The zero-order chi connectivity index (χ0) is 10.7. The van der Waals surface area contributed by atoms with Crippen molar-refractivity contribution in [2.75, 3.05) is 5.32 Å². The Labute approximate surface area is 91.9 Å². The van der Waals surface area contributed by atoms with E-state index in [1.807, 2.05) is 24.1 Å². The van der Waals surface area contributed by atoms with Crippen molar-refractivity contribution in [3.05, 3.63) is 12.4 Å². The van der Waals surface area contributed by atoms with Crippen molar-refractivity contribution in [2.24, 2.45) is 13.0 Å². The molecule has 3 heteroatoms. The van der Waals surface area contributed by atoms with Crippen LogP contribution in [0.5, 0.6) is 0 Å². The number of aromatic nitrogens is 2. The van der Waals surface area contributed by atoms with Crippen LogP contribution in [0.15, 0.2) is 12.4 Å². The van der Waals surface area contributed by atoms with Gasteiger partial charge in [-0.25, -0.2) is 0 Å². The predicted octanol–water partition coefficient (Wildman–Crippen LogP) is 2.80. The van der Waals surface area contributed by atoms with Crippen LogP contribution < -0.4 is 5.32 Å². The summed E-state index contributed by atoms with van der Waals surface area (Å²) in [5, 5.41) is 7.72. The van der Waals surface area contributed by atoms with E-state index in [0.717, 1.165) is 11.6 Å². The van der Waals surface area contributed by atoms with Gasteiger partial charge in [0.2, 0.25) is 0 Å². The molecule has 0 radical (unpaired) electrons. The molecule has 1 saturated carbocycles. The van der Waals surface area contributed by atoms with Gasteiger partial charge in [0, 0.05) is 19.3 Å². The first-order valence-electron chi connectivity index (χ1n) is 6.01. The number of anilines is 1. The topological polar surface area (TPSA) is 29.9 Å². The van der Waals surface area contributed by atoms with E-state index in [0.29, 0.717) is 6.04 Å². The Hall–Kier alpha value is -0.990. The molecule has 2 rings (SSSR count). The fraction of sp³-hybridized carbons (Fsp3) is 0.750. The molecule has 0 spiro atoms. The quantitative estimate of drug-likeness (QED) is 0.826. The zero-order valence-corrected chi connectivity index (χ0v) is 9.74. The summed E-state index contributed by atoms with van der Waals surface area (Å²) in [5.74, 6) is 0.846. The Bertz CT molecular complexity index is 300. The molecule has 1 heterocycles. The van der Waals surface area contributed by atoms with Crippen LogP contribution in [-0.4, -0.2) is 15.8 Å². The Morgan fingerprint density at radius 2 is 2.13 bits per heavy atom. The van der Waals surface area contributed by atoms with E-state index in [4.69, 9.17) is 0 Å². The normalized spacial score (nSPS) is 20.1. The van der Waals surface area contributed by atoms with Gasteiger partial charge in [0.25, 0.3) is 0 Å². The van der Waals surface area contributed by atoms with Gasteiger partial charge in [0.15, 0.2) is 0 Å². The third kappa shape index (κ3) is 2.74. The molecule has 0 bridgehead atoms. The van der Waals surface area contributed by atoms with Crippen LogP contribution in [-0.2, 0) is 7.05 Å². The zero-order valence-electron chi connectivity index (χ0n) is 9.74. The fourth-order valence-electron chi connectivity index (χ4n) is 2.51. The van der Waals surface area contributed by atoms with E-state index < -0.39 is 0 Å². The van der Waals surface area contributed by atoms with Crippen LogP contribution in [0, 0.1) is 5.92 Å². The van der Waals surface area contributed by atoms with Crippen molar-refractivity contribution in [2.45, 2.75) is 45.1 Å². The highest BCUT2D eigenvalue weighted by molar-refractivity contribution is 5.39. The third-order valence-electron chi connectivity index (χ3n) is 3.46. The third-order valence-corrected chi connectivity index (χ3v) is 3.46. The minimum absolute atomic E-state index is 0.578. The van der Waals surface area contributed by atoms with Crippen molar-refractivity contribution in [3.8, 4) is 0 Å². The largest absolute Gasteiger partial charge is 0.380 e. The number of hydrogen-bond donors (Lipinski definition) is 1. The molecule has 3 nitrogen and oxygen atoms in total. The lowest BCUT2D eigenvalue weighted by Crippen LogP contribution is -2.27. The lowest BCUT2D eigenvalue weighted by Gasteiger charge is -2.28. The Morgan fingerprint density at radius 3 is 2.73 bits per heavy atom. The minimum atomic E-state index is 0.578. The van der Waals surface area contributed by atoms with Crippen LogP contribution >= 0.6 is 0 Å². The van der Waals surface area contributed by atoms with Gasteiger partial charge in [-0.05, 0) is 25.7 Å². The van der Waals surface area contributed by atoms with Crippen LogP contribution in [0.1, 0.15) is 39.0 Å². The summed E-state index contributed by atoms with van der Waals surface area (Å²) in [6.07, 6.45) is 10.9. The van der Waals surface area contributed by atoms with Crippen molar-refractivity contribution in [1.82, 2.24) is 9.78 Å². The van der Waals surface area contributed by atoms with Gasteiger partial charge in [-0.1, -0.05) is 19.3 Å². The standard InChI is InChI=1S/C12H21N3/c1-10(11-6-4-3-5-7-11)14-12-8-13-15(2)9-12/h8-11,14H,3-7H2,1-2H3/t10-/m1/s1. The van der Waals surface area contributed by atoms with Gasteiger partial charge in [0.1, 0.15) is 0 Å². The van der Waals surface area contributed by atoms with E-state index in [-0.39, 0.29) is 0 Å². The highest BCUT2D eigenvalue weighted by atomic mass is 15.3. The van der Waals surface area contributed by atoms with Gasteiger partial charge in [-0.3, -0.25) is 4.68 Å². The summed E-state index contributed by atoms with van der Waals surface area (Å²) >= 11 is 0. The van der Waals surface area contributed by atoms with Crippen LogP contribution in [0.3, 0.4) is 0 Å². The molecule has 1 aromatic rings. The van der Waals surface area contributed by atoms with Gasteiger partial charge < -0.3 is 5.32 Å². The SMILES string of the molecule is C[C@@H](Nc1cnn(C)c1)C1CCCCC1. The molecule has 1 aromatic heterocycles. The van der Waals surface area contributed by atoms with Gasteiger partial charge in [0.05, 0.1) is 11.9 Å². The lowest BCUT2D eigenvalue weighted by molar-refractivity contribution is 0.328. The number of aryl methyl sites for hydroxylation is 1. The summed E-state index contributed by atoms with van der Waals surface area (Å²) in [6, 6.07) is 0.578. The van der Waals surface area contributed by atoms with E-state index in [1.54, 1.807) is 0 Å². The maximum atomic E-state index is 4.17. The molecule has 0 saturated heterocycles. The van der Waals surface area contributed by atoms with E-state index >= 15 is 0 Å². The van der Waals surface area contributed by atoms with Crippen molar-refractivity contribution in [1.29, 1.82) is 0 Å². The molecule has 1 fully saturated rings. The molecule has 0 unspecified atom stereocenters. The summed E-state index contributed by atoms with van der Waals surface area (Å²) < 4.78 is 1.84. The number of nitrogens with one attached hydrogen (secondary N) is 1. The molecule has 15 heavy (non-hydrogen) atoms. The van der Waals surface area contributed by atoms with E-state index in [2.05, 4.69) is 17.3 Å². The van der Waals surface area contributed by atoms with Crippen LogP contribution in [0.25, 0.3) is 0 Å². The summed E-state index contributed by atoms with van der Waals surface area (Å²) in [7, 11) is 1.95. The summed E-state index contributed by atoms with van der Waals surface area (Å²) in [5.41, 5.74) is 1.15. The molecule has 84 valence electrons. The van der Waals surface area contributed by atoms with Crippen molar-refractivity contribution >= 4 is 5.69 Å². The average molecular weight is 207 g/mol. The predicted molar refractivity (Wildman–Crippen MR) is 62.9 cm³/mol. The first-order chi connectivity index (χ1) is 7.25. The summed E-state index contributed by atoms with van der Waals surface area (Å²) in [6.45, 7) is 2.29. The molecule has 1 N–H and O–H groups in total. The molecule has 1 aliphatic carbocycles. The maximum Gasteiger partial charge on any atom is 0.0728 e. The monoisotopic (exact) mass is 207 g/mol. The Morgan fingerprint density at radius 1 is 1.40 bits per heavy atom. The second-order valence-electron chi connectivity index (χ2n) is 4.73.